The van der Waals surface area contributed by atoms with Gasteiger partial charge in [0.2, 0.25) is 5.91 Å². The van der Waals surface area contributed by atoms with Crippen LogP contribution in [0.1, 0.15) is 24.0 Å². The number of alkyl carbamates (subject to hydrolysis) is 1. The van der Waals surface area contributed by atoms with Crippen LogP contribution in [0.3, 0.4) is 0 Å². The van der Waals surface area contributed by atoms with Crippen LogP contribution >= 0.6 is 0 Å². The Balaban J connectivity index is 1.54. The van der Waals surface area contributed by atoms with Crippen molar-refractivity contribution in [3.8, 4) is 11.1 Å². The first-order valence-electron chi connectivity index (χ1n) is 8.97. The molecule has 2 N–H and O–H groups in total. The Bertz CT molecular complexity index is 850. The number of hydrogen-bond donors (Lipinski definition) is 2. The van der Waals surface area contributed by atoms with Crippen LogP contribution < -0.4 is 10.6 Å². The normalized spacial score (nSPS) is 13.1. The van der Waals surface area contributed by atoms with E-state index in [2.05, 4.69) is 27.5 Å². The molecule has 2 amide bonds. The van der Waals surface area contributed by atoms with Crippen LogP contribution in [-0.4, -0.2) is 44.3 Å². The fraction of sp³-hybridized carbons (Fsp3) is 0.286. The minimum absolute atomic E-state index is 0.0497. The molecule has 2 aromatic rings. The number of carbonyl (C=O) groups excluding carboxylic acids is 3. The van der Waals surface area contributed by atoms with E-state index >= 15 is 0 Å². The average molecular weight is 382 g/mol. The minimum atomic E-state index is -0.790. The highest BCUT2D eigenvalue weighted by Gasteiger charge is 2.29. The van der Waals surface area contributed by atoms with Gasteiger partial charge in [-0.05, 0) is 29.2 Å². The lowest BCUT2D eigenvalue weighted by Gasteiger charge is -2.15. The molecule has 0 spiro atoms. The second-order valence-corrected chi connectivity index (χ2v) is 6.49. The zero-order valence-corrected chi connectivity index (χ0v) is 15.7. The van der Waals surface area contributed by atoms with Crippen LogP contribution in [0.5, 0.6) is 0 Å². The maximum absolute atomic E-state index is 12.0. The van der Waals surface area contributed by atoms with Crippen molar-refractivity contribution in [2.75, 3.05) is 20.3 Å². The molecule has 0 aliphatic heterocycles. The van der Waals surface area contributed by atoms with Crippen LogP contribution in [-0.2, 0) is 19.1 Å². The third-order valence-electron chi connectivity index (χ3n) is 4.67. The molecule has 3 rings (SSSR count). The summed E-state index contributed by atoms with van der Waals surface area (Å²) in [5.74, 6) is -1.12. The number of hydrogen-bond acceptors (Lipinski definition) is 5. The summed E-state index contributed by atoms with van der Waals surface area (Å²) < 4.78 is 9.87. The Morgan fingerprint density at radius 3 is 2.14 bits per heavy atom. The van der Waals surface area contributed by atoms with Gasteiger partial charge in [0.05, 0.1) is 7.11 Å². The molecule has 7 heteroatoms. The van der Waals surface area contributed by atoms with Crippen molar-refractivity contribution in [3.05, 3.63) is 59.7 Å². The fourth-order valence-electron chi connectivity index (χ4n) is 3.33. The molecule has 0 heterocycles. The highest BCUT2D eigenvalue weighted by molar-refractivity contribution is 5.87. The first-order chi connectivity index (χ1) is 13.5. The predicted molar refractivity (Wildman–Crippen MR) is 103 cm³/mol. The number of esters is 1. The lowest BCUT2D eigenvalue weighted by Crippen LogP contribution is -2.44. The molecule has 7 nitrogen and oxygen atoms in total. The van der Waals surface area contributed by atoms with E-state index in [1.807, 2.05) is 36.4 Å². The number of amides is 2. The molecule has 0 fully saturated rings. The Morgan fingerprint density at radius 1 is 1.00 bits per heavy atom. The molecule has 0 radical (unpaired) electrons. The van der Waals surface area contributed by atoms with E-state index in [9.17, 15) is 14.4 Å². The Morgan fingerprint density at radius 2 is 1.57 bits per heavy atom. The Kier molecular flexibility index (Phi) is 5.93. The minimum Gasteiger partial charge on any atom is -0.467 e. The Labute approximate surface area is 163 Å². The SMILES string of the molecule is COC(=O)[C@H](C)NC(=O)CNC(=O)OCC1c2ccccc2-c2ccccc21. The van der Waals surface area contributed by atoms with E-state index in [0.717, 1.165) is 22.3 Å². The first kappa shape index (κ1) is 19.4. The van der Waals surface area contributed by atoms with E-state index in [-0.39, 0.29) is 19.1 Å². The molecule has 0 unspecified atom stereocenters. The maximum Gasteiger partial charge on any atom is 0.407 e. The third-order valence-corrected chi connectivity index (χ3v) is 4.67. The van der Waals surface area contributed by atoms with Gasteiger partial charge in [0.15, 0.2) is 0 Å². The third kappa shape index (κ3) is 4.14. The summed E-state index contributed by atoms with van der Waals surface area (Å²) in [6, 6.07) is 15.3. The van der Waals surface area contributed by atoms with Gasteiger partial charge in [0.1, 0.15) is 19.2 Å². The summed E-state index contributed by atoms with van der Waals surface area (Å²) in [7, 11) is 1.24. The molecule has 2 aromatic carbocycles. The van der Waals surface area contributed by atoms with Crippen molar-refractivity contribution in [2.24, 2.45) is 0 Å². The Hall–Kier alpha value is -3.35. The molecular formula is C21H22N2O5. The molecule has 146 valence electrons. The van der Waals surface area contributed by atoms with Crippen LogP contribution in [0.15, 0.2) is 48.5 Å². The number of ether oxygens (including phenoxy) is 2. The maximum atomic E-state index is 12.0. The molecule has 0 saturated heterocycles. The number of fused-ring (bicyclic) bond motifs is 3. The molecule has 0 saturated carbocycles. The molecule has 0 aromatic heterocycles. The van der Waals surface area contributed by atoms with Gasteiger partial charge in [-0.2, -0.15) is 0 Å². The average Bonchev–Trinajstić information content (AvgIpc) is 3.04. The van der Waals surface area contributed by atoms with Crippen LogP contribution in [0, 0.1) is 0 Å². The summed E-state index contributed by atoms with van der Waals surface area (Å²) in [6.07, 6.45) is -0.692. The summed E-state index contributed by atoms with van der Waals surface area (Å²) in [5, 5.41) is 4.82. The van der Waals surface area contributed by atoms with Crippen LogP contribution in [0.2, 0.25) is 0 Å². The van der Waals surface area contributed by atoms with E-state index in [4.69, 9.17) is 4.74 Å². The number of rotatable bonds is 6. The van der Waals surface area contributed by atoms with Crippen molar-refractivity contribution in [1.29, 1.82) is 0 Å². The van der Waals surface area contributed by atoms with Gasteiger partial charge >= 0.3 is 12.1 Å². The molecule has 0 bridgehead atoms. The van der Waals surface area contributed by atoms with Crippen LogP contribution in [0.4, 0.5) is 4.79 Å². The largest absolute Gasteiger partial charge is 0.467 e. The highest BCUT2D eigenvalue weighted by Crippen LogP contribution is 2.44. The van der Waals surface area contributed by atoms with Gasteiger partial charge in [0.25, 0.3) is 0 Å². The topological polar surface area (TPSA) is 93.7 Å². The van der Waals surface area contributed by atoms with E-state index in [1.54, 1.807) is 0 Å². The number of nitrogens with one attached hydrogen (secondary N) is 2. The van der Waals surface area contributed by atoms with Gasteiger partial charge in [-0.15, -0.1) is 0 Å². The molecule has 1 aliphatic rings. The van der Waals surface area contributed by atoms with Gasteiger partial charge in [0, 0.05) is 5.92 Å². The van der Waals surface area contributed by atoms with Gasteiger partial charge in [-0.3, -0.25) is 4.79 Å². The quantitative estimate of drug-likeness (QED) is 0.747. The van der Waals surface area contributed by atoms with Crippen LogP contribution in [0.25, 0.3) is 11.1 Å². The van der Waals surface area contributed by atoms with Gasteiger partial charge in [-0.1, -0.05) is 48.5 Å². The predicted octanol–water partition coefficient (Wildman–Crippen LogP) is 2.20. The zero-order chi connectivity index (χ0) is 20.1. The standard InChI is InChI=1S/C21H22N2O5/c1-13(20(25)27-2)23-19(24)11-22-21(26)28-12-18-16-9-5-3-7-14(16)15-8-4-6-10-17(15)18/h3-10,13,18H,11-12H2,1-2H3,(H,22,26)(H,23,24)/t13-/m0/s1. The van der Waals surface area contributed by atoms with Gasteiger partial charge < -0.3 is 20.1 Å². The van der Waals surface area contributed by atoms with Crippen molar-refractivity contribution < 1.29 is 23.9 Å². The summed E-state index contributed by atoms with van der Waals surface area (Å²) in [6.45, 7) is 1.37. The van der Waals surface area contributed by atoms with Gasteiger partial charge in [-0.25, -0.2) is 9.59 Å². The molecule has 28 heavy (non-hydrogen) atoms. The number of benzene rings is 2. The summed E-state index contributed by atoms with van der Waals surface area (Å²) in [5.41, 5.74) is 4.51. The molecule has 1 aliphatic carbocycles. The zero-order valence-electron chi connectivity index (χ0n) is 15.7. The van der Waals surface area contributed by atoms with Crippen molar-refractivity contribution >= 4 is 18.0 Å². The molecular weight excluding hydrogens is 360 g/mol. The van der Waals surface area contributed by atoms with Crippen molar-refractivity contribution in [2.45, 2.75) is 18.9 Å². The molecule has 1 atom stereocenters. The lowest BCUT2D eigenvalue weighted by molar-refractivity contribution is -0.144. The summed E-state index contributed by atoms with van der Waals surface area (Å²) >= 11 is 0. The lowest BCUT2D eigenvalue weighted by atomic mass is 9.98. The van der Waals surface area contributed by atoms with Crippen molar-refractivity contribution in [1.82, 2.24) is 10.6 Å². The smallest absolute Gasteiger partial charge is 0.407 e. The first-order valence-corrected chi connectivity index (χ1v) is 8.97. The van der Waals surface area contributed by atoms with E-state index in [1.165, 1.54) is 14.0 Å². The fourth-order valence-corrected chi connectivity index (χ4v) is 3.33. The van der Waals surface area contributed by atoms with E-state index < -0.39 is 24.0 Å². The number of methoxy groups -OCH3 is 1. The van der Waals surface area contributed by atoms with E-state index in [0.29, 0.717) is 0 Å². The second-order valence-electron chi connectivity index (χ2n) is 6.49. The van der Waals surface area contributed by atoms with Crippen molar-refractivity contribution in [3.63, 3.8) is 0 Å². The highest BCUT2D eigenvalue weighted by atomic mass is 16.5. The monoisotopic (exact) mass is 382 g/mol. The number of carbonyl (C=O) groups is 3. The second kappa shape index (κ2) is 8.56. The summed E-state index contributed by atoms with van der Waals surface area (Å²) in [4.78, 5) is 35.1.